The normalized spacial score (nSPS) is 15.0. The largest absolute Gasteiger partial charge is 0.451 e. The summed E-state index contributed by atoms with van der Waals surface area (Å²) in [6.45, 7) is 1.76. The summed E-state index contributed by atoms with van der Waals surface area (Å²) in [6.07, 6.45) is -1.02. The van der Waals surface area contributed by atoms with Crippen LogP contribution in [0.5, 0.6) is 0 Å². The van der Waals surface area contributed by atoms with Crippen LogP contribution in [-0.4, -0.2) is 52.9 Å². The van der Waals surface area contributed by atoms with E-state index in [4.69, 9.17) is 10.5 Å². The van der Waals surface area contributed by atoms with Crippen molar-refractivity contribution in [2.75, 3.05) is 24.2 Å². The average molecular weight is 351 g/mol. The topological polar surface area (TPSA) is 119 Å². The first-order valence-electron chi connectivity index (χ1n) is 7.18. The Kier molecular flexibility index (Phi) is 5.80. The van der Waals surface area contributed by atoms with Gasteiger partial charge in [-0.15, -0.1) is 0 Å². The standard InChI is InChI=1S/C15H17N3O5S/c1-9(23-12(19)8-18-6-7-24-15(18)22)14(21)17-11-4-2-10(3-5-11)13(16)20/h2-5,9H,6-8H2,1H3,(H2,16,20)(H,17,21)/t9-/m0/s1. The van der Waals surface area contributed by atoms with Crippen molar-refractivity contribution in [1.82, 2.24) is 4.90 Å². The van der Waals surface area contributed by atoms with E-state index in [0.717, 1.165) is 11.8 Å². The molecule has 1 saturated heterocycles. The number of rotatable bonds is 6. The number of esters is 1. The Labute approximate surface area is 142 Å². The number of carbonyl (C=O) groups is 4. The second kappa shape index (κ2) is 7.82. The van der Waals surface area contributed by atoms with Gasteiger partial charge in [-0.3, -0.25) is 19.2 Å². The second-order valence-corrected chi connectivity index (χ2v) is 6.15. The molecule has 0 radical (unpaired) electrons. The van der Waals surface area contributed by atoms with Crippen LogP contribution in [-0.2, 0) is 14.3 Å². The molecule has 8 nitrogen and oxygen atoms in total. The van der Waals surface area contributed by atoms with Gasteiger partial charge in [0.2, 0.25) is 5.91 Å². The van der Waals surface area contributed by atoms with Crippen molar-refractivity contribution in [1.29, 1.82) is 0 Å². The fourth-order valence-corrected chi connectivity index (χ4v) is 2.80. The van der Waals surface area contributed by atoms with E-state index in [1.54, 1.807) is 0 Å². The lowest BCUT2D eigenvalue weighted by Gasteiger charge is -2.17. The van der Waals surface area contributed by atoms with Gasteiger partial charge in [-0.05, 0) is 31.2 Å². The Morgan fingerprint density at radius 3 is 2.54 bits per heavy atom. The summed E-state index contributed by atoms with van der Waals surface area (Å²) in [4.78, 5) is 47.5. The molecule has 0 saturated carbocycles. The van der Waals surface area contributed by atoms with E-state index in [1.807, 2.05) is 0 Å². The first-order valence-corrected chi connectivity index (χ1v) is 8.17. The van der Waals surface area contributed by atoms with Crippen molar-refractivity contribution in [2.24, 2.45) is 5.73 Å². The SMILES string of the molecule is C[C@H](OC(=O)CN1CCSC1=O)C(=O)Nc1ccc(C(N)=O)cc1. The Hall–Kier alpha value is -2.55. The molecule has 1 atom stereocenters. The number of amides is 3. The van der Waals surface area contributed by atoms with Crippen molar-refractivity contribution in [3.05, 3.63) is 29.8 Å². The maximum absolute atomic E-state index is 12.0. The summed E-state index contributed by atoms with van der Waals surface area (Å²) >= 11 is 1.14. The maximum Gasteiger partial charge on any atom is 0.326 e. The summed E-state index contributed by atoms with van der Waals surface area (Å²) in [5.41, 5.74) is 5.90. The molecule has 0 aliphatic carbocycles. The van der Waals surface area contributed by atoms with E-state index in [2.05, 4.69) is 5.32 Å². The van der Waals surface area contributed by atoms with E-state index in [-0.39, 0.29) is 11.8 Å². The number of anilines is 1. The van der Waals surface area contributed by atoms with Gasteiger partial charge in [0.15, 0.2) is 6.10 Å². The quantitative estimate of drug-likeness (QED) is 0.733. The van der Waals surface area contributed by atoms with E-state index in [0.29, 0.717) is 23.5 Å². The van der Waals surface area contributed by atoms with Crippen LogP contribution in [0.1, 0.15) is 17.3 Å². The van der Waals surface area contributed by atoms with Crippen molar-refractivity contribution in [3.63, 3.8) is 0 Å². The zero-order valence-corrected chi connectivity index (χ0v) is 13.8. The molecule has 0 spiro atoms. The predicted octanol–water partition coefficient (Wildman–Crippen LogP) is 0.824. The number of thioether (sulfide) groups is 1. The minimum atomic E-state index is -1.02. The molecule has 3 N–H and O–H groups in total. The van der Waals surface area contributed by atoms with Crippen molar-refractivity contribution >= 4 is 40.5 Å². The highest BCUT2D eigenvalue weighted by Gasteiger charge is 2.26. The van der Waals surface area contributed by atoms with Gasteiger partial charge < -0.3 is 20.7 Å². The molecule has 1 fully saturated rings. The maximum atomic E-state index is 12.0. The molecule has 0 aromatic heterocycles. The van der Waals surface area contributed by atoms with Crippen molar-refractivity contribution < 1.29 is 23.9 Å². The molecule has 128 valence electrons. The number of nitrogens with one attached hydrogen (secondary N) is 1. The van der Waals surface area contributed by atoms with Gasteiger partial charge >= 0.3 is 5.97 Å². The Balaban J connectivity index is 1.84. The zero-order chi connectivity index (χ0) is 17.7. The highest BCUT2D eigenvalue weighted by Crippen LogP contribution is 2.17. The number of hydrogen-bond donors (Lipinski definition) is 2. The number of ether oxygens (including phenoxy) is 1. The van der Waals surface area contributed by atoms with Crippen LogP contribution >= 0.6 is 11.8 Å². The van der Waals surface area contributed by atoms with Crippen molar-refractivity contribution in [3.8, 4) is 0 Å². The zero-order valence-electron chi connectivity index (χ0n) is 13.0. The van der Waals surface area contributed by atoms with Gasteiger partial charge in [0, 0.05) is 23.5 Å². The molecule has 1 aliphatic heterocycles. The van der Waals surface area contributed by atoms with Crippen LogP contribution in [0.3, 0.4) is 0 Å². The third-order valence-electron chi connectivity index (χ3n) is 3.28. The molecule has 0 bridgehead atoms. The number of nitrogens with zero attached hydrogens (tertiary/aromatic N) is 1. The number of carbonyl (C=O) groups excluding carboxylic acids is 4. The lowest BCUT2D eigenvalue weighted by Crippen LogP contribution is -2.36. The minimum Gasteiger partial charge on any atom is -0.451 e. The fraction of sp³-hybridized carbons (Fsp3) is 0.333. The van der Waals surface area contributed by atoms with Crippen LogP contribution in [0.25, 0.3) is 0 Å². The van der Waals surface area contributed by atoms with E-state index >= 15 is 0 Å². The first kappa shape index (κ1) is 17.8. The van der Waals surface area contributed by atoms with E-state index in [9.17, 15) is 19.2 Å². The molecule has 24 heavy (non-hydrogen) atoms. The molecular weight excluding hydrogens is 334 g/mol. The minimum absolute atomic E-state index is 0.168. The molecule has 1 aromatic carbocycles. The highest BCUT2D eigenvalue weighted by atomic mass is 32.2. The number of benzene rings is 1. The van der Waals surface area contributed by atoms with Gasteiger partial charge in [-0.2, -0.15) is 0 Å². The first-order chi connectivity index (χ1) is 11.4. The number of nitrogens with two attached hydrogens (primary N) is 1. The lowest BCUT2D eigenvalue weighted by atomic mass is 10.2. The second-order valence-electron chi connectivity index (χ2n) is 5.10. The van der Waals surface area contributed by atoms with Crippen LogP contribution in [0.15, 0.2) is 24.3 Å². The van der Waals surface area contributed by atoms with Gasteiger partial charge in [0.05, 0.1) is 0 Å². The summed E-state index contributed by atoms with van der Waals surface area (Å²) in [6, 6.07) is 6.00. The Bertz CT molecular complexity index is 662. The molecule has 9 heteroatoms. The third-order valence-corrected chi connectivity index (χ3v) is 4.17. The molecule has 1 aliphatic rings. The van der Waals surface area contributed by atoms with Crippen LogP contribution in [0.2, 0.25) is 0 Å². The molecule has 3 amide bonds. The summed E-state index contributed by atoms with van der Waals surface area (Å²) in [5.74, 6) is -1.08. The highest BCUT2D eigenvalue weighted by molar-refractivity contribution is 8.13. The van der Waals surface area contributed by atoms with Crippen LogP contribution in [0, 0.1) is 0 Å². The molecule has 1 heterocycles. The summed E-state index contributed by atoms with van der Waals surface area (Å²) in [7, 11) is 0. The number of hydrogen-bond acceptors (Lipinski definition) is 6. The Morgan fingerprint density at radius 1 is 1.33 bits per heavy atom. The summed E-state index contributed by atoms with van der Waals surface area (Å²) in [5, 5.41) is 2.39. The lowest BCUT2D eigenvalue weighted by molar-refractivity contribution is -0.153. The van der Waals surface area contributed by atoms with Gasteiger partial charge in [-0.1, -0.05) is 11.8 Å². The Morgan fingerprint density at radius 2 is 2.00 bits per heavy atom. The van der Waals surface area contributed by atoms with Crippen LogP contribution < -0.4 is 11.1 Å². The van der Waals surface area contributed by atoms with Crippen LogP contribution in [0.4, 0.5) is 10.5 Å². The monoisotopic (exact) mass is 351 g/mol. The molecular formula is C15H17N3O5S. The average Bonchev–Trinajstić information content (AvgIpc) is 2.92. The fourth-order valence-electron chi connectivity index (χ4n) is 1.97. The molecule has 1 aromatic rings. The molecule has 0 unspecified atom stereocenters. The van der Waals surface area contributed by atoms with Gasteiger partial charge in [0.1, 0.15) is 6.54 Å². The predicted molar refractivity (Wildman–Crippen MR) is 88.6 cm³/mol. The molecule has 2 rings (SSSR count). The number of primary amides is 1. The third kappa shape index (κ3) is 4.72. The van der Waals surface area contributed by atoms with Gasteiger partial charge in [-0.25, -0.2) is 0 Å². The smallest absolute Gasteiger partial charge is 0.326 e. The van der Waals surface area contributed by atoms with Gasteiger partial charge in [0.25, 0.3) is 11.1 Å². The summed E-state index contributed by atoms with van der Waals surface area (Å²) < 4.78 is 5.03. The van der Waals surface area contributed by atoms with Crippen molar-refractivity contribution in [2.45, 2.75) is 13.0 Å². The van der Waals surface area contributed by atoms with E-state index in [1.165, 1.54) is 36.1 Å². The van der Waals surface area contributed by atoms with E-state index < -0.39 is 23.9 Å².